The van der Waals surface area contributed by atoms with Crippen LogP contribution >= 0.6 is 0 Å². The van der Waals surface area contributed by atoms with E-state index in [-0.39, 0.29) is 17.5 Å². The molecule has 3 aliphatic carbocycles. The molecule has 7 atom stereocenters. The maximum atomic E-state index is 12.4. The fourth-order valence-corrected chi connectivity index (χ4v) is 5.32. The van der Waals surface area contributed by atoms with Crippen molar-refractivity contribution < 1.29 is 9.53 Å². The van der Waals surface area contributed by atoms with Crippen LogP contribution in [0.5, 0.6) is 0 Å². The predicted molar refractivity (Wildman–Crippen MR) is 75.5 cm³/mol. The fourth-order valence-electron chi connectivity index (χ4n) is 5.32. The Morgan fingerprint density at radius 2 is 1.74 bits per heavy atom. The Kier molecular flexibility index (Phi) is 3.00. The molecule has 0 heterocycles. The minimum absolute atomic E-state index is 0.0743. The Bertz CT molecular complexity index is 381. The number of esters is 1. The smallest absolute Gasteiger partial charge is 0.309 e. The van der Waals surface area contributed by atoms with Gasteiger partial charge in [-0.1, -0.05) is 13.8 Å². The van der Waals surface area contributed by atoms with Gasteiger partial charge in [0, 0.05) is 0 Å². The van der Waals surface area contributed by atoms with Crippen LogP contribution < -0.4 is 0 Å². The Balaban J connectivity index is 1.73. The van der Waals surface area contributed by atoms with Crippen molar-refractivity contribution >= 4 is 5.97 Å². The molecule has 0 radical (unpaired) electrons. The van der Waals surface area contributed by atoms with E-state index in [1.165, 1.54) is 12.8 Å². The van der Waals surface area contributed by atoms with Crippen molar-refractivity contribution in [3.05, 3.63) is 0 Å². The molecule has 0 aromatic heterocycles. The van der Waals surface area contributed by atoms with E-state index in [1.807, 2.05) is 20.8 Å². The van der Waals surface area contributed by atoms with E-state index in [0.29, 0.717) is 5.92 Å². The zero-order valence-corrected chi connectivity index (χ0v) is 13.0. The van der Waals surface area contributed by atoms with E-state index in [0.717, 1.165) is 36.0 Å². The molecule has 0 saturated heterocycles. The number of rotatable bonds is 1. The van der Waals surface area contributed by atoms with Crippen molar-refractivity contribution in [2.45, 2.75) is 59.5 Å². The van der Waals surface area contributed by atoms with Crippen molar-refractivity contribution in [2.24, 2.45) is 41.4 Å². The lowest BCUT2D eigenvalue weighted by Gasteiger charge is -2.34. The zero-order chi connectivity index (χ0) is 13.9. The van der Waals surface area contributed by atoms with E-state index in [2.05, 4.69) is 13.8 Å². The SMILES string of the molecule is CC1CC2C3CC(C(=O)OC(C)(C)C)C(C3)C2C1C. The number of ether oxygens (including phenoxy) is 1. The van der Waals surface area contributed by atoms with Crippen LogP contribution in [0, 0.1) is 41.4 Å². The monoisotopic (exact) mass is 264 g/mol. The zero-order valence-electron chi connectivity index (χ0n) is 13.0. The van der Waals surface area contributed by atoms with E-state index in [1.54, 1.807) is 0 Å². The first-order chi connectivity index (χ1) is 8.78. The van der Waals surface area contributed by atoms with Gasteiger partial charge in [-0.25, -0.2) is 0 Å². The largest absolute Gasteiger partial charge is 0.460 e. The van der Waals surface area contributed by atoms with Gasteiger partial charge >= 0.3 is 5.97 Å². The van der Waals surface area contributed by atoms with E-state index < -0.39 is 0 Å². The topological polar surface area (TPSA) is 26.3 Å². The Morgan fingerprint density at radius 3 is 2.37 bits per heavy atom. The normalized spacial score (nSPS) is 48.4. The van der Waals surface area contributed by atoms with Crippen molar-refractivity contribution in [1.82, 2.24) is 0 Å². The maximum absolute atomic E-state index is 12.4. The fraction of sp³-hybridized carbons (Fsp3) is 0.941. The molecule has 0 aliphatic heterocycles. The number of fused-ring (bicyclic) bond motifs is 5. The first-order valence-electron chi connectivity index (χ1n) is 8.01. The highest BCUT2D eigenvalue weighted by atomic mass is 16.6. The number of hydrogen-bond donors (Lipinski definition) is 0. The second-order valence-electron chi connectivity index (χ2n) is 8.35. The lowest BCUT2D eigenvalue weighted by atomic mass is 9.73. The summed E-state index contributed by atoms with van der Waals surface area (Å²) in [5.41, 5.74) is -0.340. The lowest BCUT2D eigenvalue weighted by molar-refractivity contribution is -0.163. The Labute approximate surface area is 117 Å². The van der Waals surface area contributed by atoms with Crippen LogP contribution in [-0.2, 0) is 9.53 Å². The number of hydrogen-bond acceptors (Lipinski definition) is 2. The van der Waals surface area contributed by atoms with Gasteiger partial charge in [0.15, 0.2) is 0 Å². The Morgan fingerprint density at radius 1 is 1.05 bits per heavy atom. The average molecular weight is 264 g/mol. The quantitative estimate of drug-likeness (QED) is 0.672. The van der Waals surface area contributed by atoms with Crippen LogP contribution in [0.25, 0.3) is 0 Å². The number of carbonyl (C=O) groups excluding carboxylic acids is 1. The highest BCUT2D eigenvalue weighted by molar-refractivity contribution is 5.74. The molecule has 0 N–H and O–H groups in total. The second kappa shape index (κ2) is 4.23. The van der Waals surface area contributed by atoms with Crippen molar-refractivity contribution in [3.8, 4) is 0 Å². The molecule has 108 valence electrons. The first kappa shape index (κ1) is 13.5. The molecular formula is C17H28O2. The van der Waals surface area contributed by atoms with Crippen LogP contribution in [0.2, 0.25) is 0 Å². The molecule has 2 bridgehead atoms. The van der Waals surface area contributed by atoms with Crippen molar-refractivity contribution in [2.75, 3.05) is 0 Å². The summed E-state index contributed by atoms with van der Waals surface area (Å²) in [6.45, 7) is 10.7. The van der Waals surface area contributed by atoms with Crippen LogP contribution in [-0.4, -0.2) is 11.6 Å². The van der Waals surface area contributed by atoms with Crippen molar-refractivity contribution in [1.29, 1.82) is 0 Å². The number of carbonyl (C=O) groups is 1. The van der Waals surface area contributed by atoms with Crippen LogP contribution in [0.3, 0.4) is 0 Å². The second-order valence-corrected chi connectivity index (χ2v) is 8.35. The minimum atomic E-state index is -0.340. The summed E-state index contributed by atoms with van der Waals surface area (Å²) in [4.78, 5) is 12.4. The van der Waals surface area contributed by atoms with Crippen LogP contribution in [0.15, 0.2) is 0 Å². The van der Waals surface area contributed by atoms with Gasteiger partial charge in [0.05, 0.1) is 5.92 Å². The van der Waals surface area contributed by atoms with Gasteiger partial charge in [-0.05, 0) is 75.5 Å². The van der Waals surface area contributed by atoms with Gasteiger partial charge in [-0.2, -0.15) is 0 Å². The van der Waals surface area contributed by atoms with Gasteiger partial charge in [0.1, 0.15) is 5.60 Å². The van der Waals surface area contributed by atoms with E-state index in [4.69, 9.17) is 4.74 Å². The molecule has 0 aromatic carbocycles. The molecule has 3 saturated carbocycles. The van der Waals surface area contributed by atoms with E-state index >= 15 is 0 Å². The van der Waals surface area contributed by atoms with Crippen LogP contribution in [0.1, 0.15) is 53.9 Å². The summed E-state index contributed by atoms with van der Waals surface area (Å²) in [6.07, 6.45) is 3.78. The third kappa shape index (κ3) is 2.11. The summed E-state index contributed by atoms with van der Waals surface area (Å²) in [6, 6.07) is 0. The van der Waals surface area contributed by atoms with Gasteiger partial charge in [0.25, 0.3) is 0 Å². The highest BCUT2D eigenvalue weighted by Gasteiger charge is 2.59. The summed E-state index contributed by atoms with van der Waals surface area (Å²) < 4.78 is 5.65. The molecule has 0 spiro atoms. The van der Waals surface area contributed by atoms with Gasteiger partial charge in [-0.3, -0.25) is 4.79 Å². The highest BCUT2D eigenvalue weighted by Crippen LogP contribution is 2.64. The third-order valence-electron chi connectivity index (χ3n) is 6.10. The molecule has 0 aromatic rings. The summed E-state index contributed by atoms with van der Waals surface area (Å²) in [7, 11) is 0. The standard InChI is InChI=1S/C17H28O2/c1-9-6-12-11-7-13(15(12)10(9)2)14(8-11)16(18)19-17(3,4)5/h9-15H,6-8H2,1-5H3. The Hall–Kier alpha value is -0.530. The molecule has 3 fully saturated rings. The summed E-state index contributed by atoms with van der Waals surface area (Å²) in [5, 5.41) is 0. The van der Waals surface area contributed by atoms with Gasteiger partial charge in [-0.15, -0.1) is 0 Å². The molecule has 3 rings (SSSR count). The average Bonchev–Trinajstić information content (AvgIpc) is 2.89. The van der Waals surface area contributed by atoms with Crippen LogP contribution in [0.4, 0.5) is 0 Å². The van der Waals surface area contributed by atoms with E-state index in [9.17, 15) is 4.79 Å². The molecule has 19 heavy (non-hydrogen) atoms. The molecule has 2 nitrogen and oxygen atoms in total. The van der Waals surface area contributed by atoms with Gasteiger partial charge in [0.2, 0.25) is 0 Å². The molecular weight excluding hydrogens is 236 g/mol. The summed E-state index contributed by atoms with van der Waals surface area (Å²) >= 11 is 0. The first-order valence-corrected chi connectivity index (χ1v) is 8.01. The molecule has 0 amide bonds. The van der Waals surface area contributed by atoms with Gasteiger partial charge < -0.3 is 4.74 Å². The lowest BCUT2D eigenvalue weighted by Crippen LogP contribution is -2.36. The summed E-state index contributed by atoms with van der Waals surface area (Å²) in [5.74, 6) is 5.04. The minimum Gasteiger partial charge on any atom is -0.460 e. The third-order valence-corrected chi connectivity index (χ3v) is 6.10. The molecule has 7 unspecified atom stereocenters. The predicted octanol–water partition coefficient (Wildman–Crippen LogP) is 3.89. The maximum Gasteiger partial charge on any atom is 0.309 e. The molecule has 3 aliphatic rings. The van der Waals surface area contributed by atoms with Crippen molar-refractivity contribution in [3.63, 3.8) is 0 Å². The molecule has 2 heteroatoms.